The minimum Gasteiger partial charge on any atom is -0.465 e. The second-order valence-electron chi connectivity index (χ2n) is 4.18. The van der Waals surface area contributed by atoms with E-state index in [2.05, 4.69) is 4.74 Å². The third-order valence-corrected chi connectivity index (χ3v) is 2.87. The third-order valence-electron chi connectivity index (χ3n) is 2.87. The van der Waals surface area contributed by atoms with Gasteiger partial charge in [0.05, 0.1) is 17.0 Å². The zero-order chi connectivity index (χ0) is 16.3. The largest absolute Gasteiger partial charge is 0.465 e. The summed E-state index contributed by atoms with van der Waals surface area (Å²) in [6, 6.07) is 6.27. The molecule has 2 rings (SSSR count). The summed E-state index contributed by atoms with van der Waals surface area (Å²) in [6.45, 7) is 0. The van der Waals surface area contributed by atoms with Crippen molar-refractivity contribution < 1.29 is 23.9 Å². The van der Waals surface area contributed by atoms with Crippen molar-refractivity contribution in [2.75, 3.05) is 7.11 Å². The van der Waals surface area contributed by atoms with E-state index < -0.39 is 21.5 Å². The molecular formula is C13H10N3O6+. The van der Waals surface area contributed by atoms with Crippen molar-refractivity contribution in [3.8, 4) is 5.69 Å². The standard InChI is InChI=1S/C13H10N3O6/c1-22-13(17)9-3-2-6-14(8-9)11-5-4-10(15(18)19)7-12(11)16(20)21/h2-8H,1H3/q+1. The maximum absolute atomic E-state index is 11.5. The van der Waals surface area contributed by atoms with Gasteiger partial charge in [0.25, 0.3) is 11.4 Å². The van der Waals surface area contributed by atoms with Crippen LogP contribution in [-0.4, -0.2) is 22.9 Å². The number of nitro benzene ring substituents is 2. The molecule has 0 radical (unpaired) electrons. The first kappa shape index (κ1) is 15.0. The molecule has 0 amide bonds. The zero-order valence-corrected chi connectivity index (χ0v) is 11.3. The number of nitro groups is 2. The molecular weight excluding hydrogens is 294 g/mol. The number of benzene rings is 1. The highest BCUT2D eigenvalue weighted by atomic mass is 16.6. The van der Waals surface area contributed by atoms with E-state index in [1.54, 1.807) is 0 Å². The average Bonchev–Trinajstić information content (AvgIpc) is 2.53. The molecule has 2 aromatic rings. The van der Waals surface area contributed by atoms with Gasteiger partial charge >= 0.3 is 11.7 Å². The Labute approximate surface area is 123 Å². The normalized spacial score (nSPS) is 10.0. The monoisotopic (exact) mass is 304 g/mol. The van der Waals surface area contributed by atoms with Crippen LogP contribution >= 0.6 is 0 Å². The van der Waals surface area contributed by atoms with Gasteiger partial charge in [0.2, 0.25) is 0 Å². The van der Waals surface area contributed by atoms with Crippen LogP contribution in [0.2, 0.25) is 0 Å². The van der Waals surface area contributed by atoms with E-state index in [0.29, 0.717) is 0 Å². The Balaban J connectivity index is 2.59. The van der Waals surface area contributed by atoms with Crippen LogP contribution in [0.15, 0.2) is 42.7 Å². The molecule has 0 bridgehead atoms. The number of aromatic nitrogens is 1. The molecule has 9 heteroatoms. The van der Waals surface area contributed by atoms with Gasteiger partial charge in [0, 0.05) is 18.2 Å². The predicted molar refractivity (Wildman–Crippen MR) is 72.6 cm³/mol. The molecule has 0 unspecified atom stereocenters. The molecule has 112 valence electrons. The van der Waals surface area contributed by atoms with Crippen LogP contribution < -0.4 is 4.57 Å². The van der Waals surface area contributed by atoms with Crippen LogP contribution in [0.3, 0.4) is 0 Å². The second-order valence-corrected chi connectivity index (χ2v) is 4.18. The topological polar surface area (TPSA) is 116 Å². The van der Waals surface area contributed by atoms with Gasteiger partial charge < -0.3 is 4.74 Å². The highest BCUT2D eigenvalue weighted by molar-refractivity contribution is 5.88. The van der Waals surface area contributed by atoms with E-state index in [-0.39, 0.29) is 16.9 Å². The summed E-state index contributed by atoms with van der Waals surface area (Å²) < 4.78 is 5.91. The van der Waals surface area contributed by atoms with Crippen molar-refractivity contribution in [1.82, 2.24) is 0 Å². The lowest BCUT2D eigenvalue weighted by Crippen LogP contribution is -2.32. The molecule has 0 N–H and O–H groups in total. The maximum atomic E-state index is 11.5. The molecule has 0 aliphatic rings. The number of esters is 1. The van der Waals surface area contributed by atoms with E-state index >= 15 is 0 Å². The van der Waals surface area contributed by atoms with Gasteiger partial charge in [-0.2, -0.15) is 4.57 Å². The first-order valence-corrected chi connectivity index (χ1v) is 5.97. The molecule has 0 saturated heterocycles. The van der Waals surface area contributed by atoms with E-state index in [1.165, 1.54) is 42.3 Å². The fourth-order valence-electron chi connectivity index (χ4n) is 1.85. The van der Waals surface area contributed by atoms with Gasteiger partial charge in [-0.3, -0.25) is 20.2 Å². The number of hydrogen-bond acceptors (Lipinski definition) is 6. The Morgan fingerprint density at radius 1 is 1.18 bits per heavy atom. The first-order valence-electron chi connectivity index (χ1n) is 5.97. The number of carbonyl (C=O) groups is 1. The van der Waals surface area contributed by atoms with E-state index in [9.17, 15) is 25.0 Å². The van der Waals surface area contributed by atoms with Crippen LogP contribution in [0, 0.1) is 20.2 Å². The number of pyridine rings is 1. The molecule has 1 aromatic carbocycles. The summed E-state index contributed by atoms with van der Waals surface area (Å²) in [6.07, 6.45) is 2.83. The van der Waals surface area contributed by atoms with Crippen LogP contribution in [0.5, 0.6) is 0 Å². The summed E-state index contributed by atoms with van der Waals surface area (Å²) in [4.78, 5) is 31.9. The SMILES string of the molecule is COC(=O)c1ccc[n+](-c2ccc([N+](=O)[O-])cc2[N+](=O)[O-])c1. The number of ether oxygens (including phenoxy) is 1. The molecule has 0 atom stereocenters. The predicted octanol–water partition coefficient (Wildman–Crippen LogP) is 1.57. The minimum absolute atomic E-state index is 0.0985. The third kappa shape index (κ3) is 2.87. The summed E-state index contributed by atoms with van der Waals surface area (Å²) in [5.41, 5.74) is -0.541. The fraction of sp³-hybridized carbons (Fsp3) is 0.0769. The minimum atomic E-state index is -0.722. The lowest BCUT2D eigenvalue weighted by molar-refractivity contribution is -0.601. The van der Waals surface area contributed by atoms with E-state index in [4.69, 9.17) is 0 Å². The van der Waals surface area contributed by atoms with Gasteiger partial charge in [-0.25, -0.2) is 4.79 Å². The Morgan fingerprint density at radius 3 is 2.50 bits per heavy atom. The second kappa shape index (κ2) is 5.95. The van der Waals surface area contributed by atoms with Crippen LogP contribution in [0.25, 0.3) is 5.69 Å². The number of carbonyl (C=O) groups excluding carboxylic acids is 1. The molecule has 9 nitrogen and oxygen atoms in total. The molecule has 1 heterocycles. The summed E-state index contributed by atoms with van der Waals surface area (Å²) in [5.74, 6) is -0.598. The maximum Gasteiger partial charge on any atom is 0.347 e. The van der Waals surface area contributed by atoms with Gasteiger partial charge in [-0.15, -0.1) is 0 Å². The van der Waals surface area contributed by atoms with Crippen molar-refractivity contribution in [3.63, 3.8) is 0 Å². The van der Waals surface area contributed by atoms with Crippen molar-refractivity contribution in [2.24, 2.45) is 0 Å². The lowest BCUT2D eigenvalue weighted by atomic mass is 10.2. The molecule has 1 aromatic heterocycles. The summed E-state index contributed by atoms with van der Waals surface area (Å²) >= 11 is 0. The Kier molecular flexibility index (Phi) is 4.07. The van der Waals surface area contributed by atoms with Gasteiger partial charge in [0.15, 0.2) is 12.4 Å². The molecule has 0 aliphatic heterocycles. The number of rotatable bonds is 4. The number of nitrogens with zero attached hydrogens (tertiary/aromatic N) is 3. The van der Waals surface area contributed by atoms with Gasteiger partial charge in [-0.1, -0.05) is 0 Å². The smallest absolute Gasteiger partial charge is 0.347 e. The molecule has 0 aliphatic carbocycles. The first-order chi connectivity index (χ1) is 10.4. The van der Waals surface area contributed by atoms with E-state index in [1.807, 2.05) is 0 Å². The summed E-state index contributed by atoms with van der Waals surface area (Å²) in [7, 11) is 1.22. The number of non-ortho nitro benzene ring substituents is 1. The molecule has 0 spiro atoms. The highest BCUT2D eigenvalue weighted by Gasteiger charge is 2.26. The van der Waals surface area contributed by atoms with Crippen molar-refractivity contribution in [1.29, 1.82) is 0 Å². The van der Waals surface area contributed by atoms with E-state index in [0.717, 1.165) is 12.1 Å². The van der Waals surface area contributed by atoms with Gasteiger partial charge in [-0.05, 0) is 6.07 Å². The van der Waals surface area contributed by atoms with Gasteiger partial charge in [0.1, 0.15) is 11.6 Å². The number of methoxy groups -OCH3 is 1. The van der Waals surface area contributed by atoms with Crippen LogP contribution in [-0.2, 0) is 4.74 Å². The van der Waals surface area contributed by atoms with Crippen molar-refractivity contribution >= 4 is 17.3 Å². The Morgan fingerprint density at radius 2 is 1.91 bits per heavy atom. The highest BCUT2D eigenvalue weighted by Crippen LogP contribution is 2.24. The Hall–Kier alpha value is -3.36. The Bertz CT molecular complexity index is 774. The quantitative estimate of drug-likeness (QED) is 0.366. The lowest BCUT2D eigenvalue weighted by Gasteiger charge is -2.00. The molecule has 22 heavy (non-hydrogen) atoms. The summed E-state index contributed by atoms with van der Waals surface area (Å²) in [5, 5.41) is 21.8. The van der Waals surface area contributed by atoms with Crippen LogP contribution in [0.1, 0.15) is 10.4 Å². The number of hydrogen-bond donors (Lipinski definition) is 0. The average molecular weight is 304 g/mol. The zero-order valence-electron chi connectivity index (χ0n) is 11.3. The molecule has 0 saturated carbocycles. The fourth-order valence-corrected chi connectivity index (χ4v) is 1.85. The molecule has 0 fully saturated rings. The van der Waals surface area contributed by atoms with Crippen LogP contribution in [0.4, 0.5) is 11.4 Å². The van der Waals surface area contributed by atoms with Crippen molar-refractivity contribution in [2.45, 2.75) is 0 Å². The van der Waals surface area contributed by atoms with Crippen molar-refractivity contribution in [3.05, 3.63) is 68.5 Å².